The van der Waals surface area contributed by atoms with E-state index in [0.717, 1.165) is 5.56 Å². The number of amides is 1. The summed E-state index contributed by atoms with van der Waals surface area (Å²) in [5.41, 5.74) is 0.836. The van der Waals surface area contributed by atoms with Gasteiger partial charge in [-0.3, -0.25) is 4.90 Å². The summed E-state index contributed by atoms with van der Waals surface area (Å²) < 4.78 is 40.2. The summed E-state index contributed by atoms with van der Waals surface area (Å²) in [5.74, 6) is -1.09. The lowest BCUT2D eigenvalue weighted by atomic mass is 9.94. The number of carbonyl (C=O) groups excluding carboxylic acids is 1. The molecule has 0 saturated carbocycles. The van der Waals surface area contributed by atoms with Crippen molar-refractivity contribution in [3.63, 3.8) is 0 Å². The predicted molar refractivity (Wildman–Crippen MR) is 82.1 cm³/mol. The van der Waals surface area contributed by atoms with E-state index in [0.29, 0.717) is 12.1 Å². The van der Waals surface area contributed by atoms with Crippen LogP contribution in [0.25, 0.3) is 0 Å². The molecule has 1 amide bonds. The van der Waals surface area contributed by atoms with Gasteiger partial charge in [0.05, 0.1) is 11.4 Å². The highest BCUT2D eigenvalue weighted by atomic mass is 32.3. The molecule has 5 nitrogen and oxygen atoms in total. The van der Waals surface area contributed by atoms with Crippen molar-refractivity contribution in [2.45, 2.75) is 32.8 Å². The Labute approximate surface area is 130 Å². The van der Waals surface area contributed by atoms with E-state index in [-0.39, 0.29) is 6.54 Å². The molecule has 122 valence electrons. The molecule has 7 heteroatoms. The average Bonchev–Trinajstić information content (AvgIpc) is 2.33. The molecule has 1 aromatic rings. The van der Waals surface area contributed by atoms with Crippen LogP contribution in [0.4, 0.5) is 14.4 Å². The van der Waals surface area contributed by atoms with Crippen LogP contribution in [0, 0.1) is 5.92 Å². The van der Waals surface area contributed by atoms with Gasteiger partial charge < -0.3 is 4.74 Å². The van der Waals surface area contributed by atoms with Crippen molar-refractivity contribution in [2.24, 2.45) is 5.92 Å². The standard InChI is InChI=1S/C15H20FNO4S/c1-15(2,3)21-14(18)17-9-11(10-22(16,19)20)8-12-6-4-5-7-13(12)17/h4-7,11H,8-10H2,1-3H3. The summed E-state index contributed by atoms with van der Waals surface area (Å²) in [6.45, 7) is 5.38. The summed E-state index contributed by atoms with van der Waals surface area (Å²) >= 11 is 0. The molecule has 0 spiro atoms. The Kier molecular flexibility index (Phi) is 4.47. The molecular formula is C15H20FNO4S. The van der Waals surface area contributed by atoms with E-state index < -0.39 is 33.6 Å². The van der Waals surface area contributed by atoms with Crippen molar-refractivity contribution in [2.75, 3.05) is 17.2 Å². The molecule has 1 aliphatic rings. The number of ether oxygens (including phenoxy) is 1. The Bertz CT molecular complexity index is 666. The van der Waals surface area contributed by atoms with Crippen molar-refractivity contribution in [3.8, 4) is 0 Å². The number of hydrogen-bond donors (Lipinski definition) is 0. The van der Waals surface area contributed by atoms with Gasteiger partial charge in [-0.05, 0) is 44.7 Å². The van der Waals surface area contributed by atoms with E-state index in [1.807, 2.05) is 6.07 Å². The van der Waals surface area contributed by atoms with Crippen LogP contribution < -0.4 is 4.90 Å². The number of fused-ring (bicyclic) bond motifs is 1. The molecule has 0 bridgehead atoms. The van der Waals surface area contributed by atoms with Gasteiger partial charge in [-0.15, -0.1) is 3.89 Å². The summed E-state index contributed by atoms with van der Waals surface area (Å²) in [5, 5.41) is 0. The predicted octanol–water partition coefficient (Wildman–Crippen LogP) is 2.90. The fraction of sp³-hybridized carbons (Fsp3) is 0.533. The summed E-state index contributed by atoms with van der Waals surface area (Å²) in [6.07, 6.45) is -0.139. The van der Waals surface area contributed by atoms with Gasteiger partial charge in [0.25, 0.3) is 0 Å². The van der Waals surface area contributed by atoms with Gasteiger partial charge in [0.15, 0.2) is 0 Å². The quantitative estimate of drug-likeness (QED) is 0.783. The maximum atomic E-state index is 13.0. The first-order chi connectivity index (χ1) is 10.1. The zero-order valence-corrected chi connectivity index (χ0v) is 13.7. The number of carbonyl (C=O) groups is 1. The SMILES string of the molecule is CC(C)(C)OC(=O)N1CC(CS(=O)(=O)F)Cc2ccccc21. The lowest BCUT2D eigenvalue weighted by Gasteiger charge is -2.35. The molecule has 2 rings (SSSR count). The van der Waals surface area contributed by atoms with Crippen LogP contribution >= 0.6 is 0 Å². The van der Waals surface area contributed by atoms with Gasteiger partial charge in [-0.25, -0.2) is 4.79 Å². The third kappa shape index (κ3) is 4.43. The lowest BCUT2D eigenvalue weighted by molar-refractivity contribution is 0.0572. The molecular weight excluding hydrogens is 309 g/mol. The van der Waals surface area contributed by atoms with Crippen LogP contribution in [0.2, 0.25) is 0 Å². The first-order valence-corrected chi connectivity index (χ1v) is 8.61. The van der Waals surface area contributed by atoms with E-state index in [1.165, 1.54) is 4.90 Å². The molecule has 0 aliphatic carbocycles. The normalized spacial score (nSPS) is 18.7. The first kappa shape index (κ1) is 16.7. The second-order valence-corrected chi connectivity index (χ2v) is 7.91. The Hall–Kier alpha value is -1.63. The summed E-state index contributed by atoms with van der Waals surface area (Å²) in [4.78, 5) is 13.7. The highest BCUT2D eigenvalue weighted by Gasteiger charge is 2.33. The molecule has 0 fully saturated rings. The van der Waals surface area contributed by atoms with Crippen molar-refractivity contribution < 1.29 is 21.8 Å². The van der Waals surface area contributed by atoms with E-state index in [9.17, 15) is 17.1 Å². The number of benzene rings is 1. The van der Waals surface area contributed by atoms with E-state index >= 15 is 0 Å². The van der Waals surface area contributed by atoms with Crippen molar-refractivity contribution >= 4 is 22.0 Å². The van der Waals surface area contributed by atoms with Crippen LogP contribution in [0.5, 0.6) is 0 Å². The third-order valence-corrected chi connectivity index (χ3v) is 4.15. The van der Waals surface area contributed by atoms with Crippen molar-refractivity contribution in [1.82, 2.24) is 0 Å². The van der Waals surface area contributed by atoms with E-state index in [2.05, 4.69) is 0 Å². The van der Waals surface area contributed by atoms with E-state index in [1.54, 1.807) is 39.0 Å². The average molecular weight is 329 g/mol. The Balaban J connectivity index is 2.29. The fourth-order valence-electron chi connectivity index (χ4n) is 2.56. The summed E-state index contributed by atoms with van der Waals surface area (Å²) in [6, 6.07) is 7.18. The third-order valence-electron chi connectivity index (χ3n) is 3.28. The van der Waals surface area contributed by atoms with Gasteiger partial charge >= 0.3 is 16.3 Å². The number of nitrogens with zero attached hydrogens (tertiary/aromatic N) is 1. The molecule has 0 aromatic heterocycles. The van der Waals surface area contributed by atoms with Gasteiger partial charge in [0.1, 0.15) is 5.60 Å². The molecule has 1 aromatic carbocycles. The molecule has 0 N–H and O–H groups in total. The minimum absolute atomic E-state index is 0.120. The minimum atomic E-state index is -4.59. The zero-order valence-electron chi connectivity index (χ0n) is 12.9. The zero-order chi connectivity index (χ0) is 16.5. The van der Waals surface area contributed by atoms with E-state index in [4.69, 9.17) is 4.74 Å². The number of halogens is 1. The van der Waals surface area contributed by atoms with Crippen LogP contribution in [0.15, 0.2) is 24.3 Å². The fourth-order valence-corrected chi connectivity index (χ4v) is 3.35. The maximum Gasteiger partial charge on any atom is 0.414 e. The number of anilines is 1. The Morgan fingerprint density at radius 3 is 2.59 bits per heavy atom. The second kappa shape index (κ2) is 5.87. The molecule has 1 unspecified atom stereocenters. The van der Waals surface area contributed by atoms with Crippen molar-refractivity contribution in [1.29, 1.82) is 0 Å². The van der Waals surface area contributed by atoms with Crippen LogP contribution in [0.3, 0.4) is 0 Å². The molecule has 1 aliphatic heterocycles. The Morgan fingerprint density at radius 1 is 1.36 bits per heavy atom. The highest BCUT2D eigenvalue weighted by Crippen LogP contribution is 2.31. The van der Waals surface area contributed by atoms with Gasteiger partial charge in [0, 0.05) is 6.54 Å². The summed E-state index contributed by atoms with van der Waals surface area (Å²) in [7, 11) is -4.59. The first-order valence-electron chi connectivity index (χ1n) is 7.06. The largest absolute Gasteiger partial charge is 0.443 e. The van der Waals surface area contributed by atoms with Crippen LogP contribution in [-0.2, 0) is 21.4 Å². The second-order valence-electron chi connectivity index (χ2n) is 6.50. The molecule has 1 heterocycles. The topological polar surface area (TPSA) is 63.7 Å². The molecule has 0 saturated heterocycles. The molecule has 0 radical (unpaired) electrons. The lowest BCUT2D eigenvalue weighted by Crippen LogP contribution is -2.44. The number of para-hydroxylation sites is 1. The van der Waals surface area contributed by atoms with Gasteiger partial charge in [-0.2, -0.15) is 8.42 Å². The molecule has 1 atom stereocenters. The van der Waals surface area contributed by atoms with Crippen LogP contribution in [0.1, 0.15) is 26.3 Å². The minimum Gasteiger partial charge on any atom is -0.443 e. The number of rotatable bonds is 2. The van der Waals surface area contributed by atoms with Crippen LogP contribution in [-0.4, -0.2) is 32.4 Å². The highest BCUT2D eigenvalue weighted by molar-refractivity contribution is 7.86. The van der Waals surface area contributed by atoms with Gasteiger partial charge in [-0.1, -0.05) is 18.2 Å². The monoisotopic (exact) mass is 329 g/mol. The molecule has 22 heavy (non-hydrogen) atoms. The Morgan fingerprint density at radius 2 is 2.00 bits per heavy atom. The van der Waals surface area contributed by atoms with Gasteiger partial charge in [0.2, 0.25) is 0 Å². The maximum absolute atomic E-state index is 13.0. The smallest absolute Gasteiger partial charge is 0.414 e. The van der Waals surface area contributed by atoms with Crippen molar-refractivity contribution in [3.05, 3.63) is 29.8 Å². The number of hydrogen-bond acceptors (Lipinski definition) is 4.